The van der Waals surface area contributed by atoms with Crippen LogP contribution in [0.3, 0.4) is 0 Å². The number of aromatic nitrogens is 4. The van der Waals surface area contributed by atoms with Crippen molar-refractivity contribution >= 4 is 44.3 Å². The predicted molar refractivity (Wildman–Crippen MR) is 151 cm³/mol. The average Bonchev–Trinajstić information content (AvgIpc) is 3.67. The number of anilines is 1. The summed E-state index contributed by atoms with van der Waals surface area (Å²) in [6.07, 6.45) is 7.66. The average molecular weight is 617 g/mol. The highest BCUT2D eigenvalue weighted by atomic mass is 79.9. The first-order valence-corrected chi connectivity index (χ1v) is 15.1. The molecule has 3 aromatic rings. The van der Waals surface area contributed by atoms with Crippen molar-refractivity contribution in [2.75, 3.05) is 37.7 Å². The van der Waals surface area contributed by atoms with Crippen molar-refractivity contribution in [3.63, 3.8) is 0 Å². The Morgan fingerprint density at radius 2 is 1.85 bits per heavy atom. The molecule has 4 fully saturated rings. The van der Waals surface area contributed by atoms with Gasteiger partial charge in [-0.2, -0.15) is 15.1 Å². The molecule has 12 heteroatoms. The first kappa shape index (κ1) is 26.2. The summed E-state index contributed by atoms with van der Waals surface area (Å²) in [7, 11) is 0. The Kier molecular flexibility index (Phi) is 6.16. The van der Waals surface area contributed by atoms with E-state index in [4.69, 9.17) is 14.5 Å². The van der Waals surface area contributed by atoms with Crippen molar-refractivity contribution in [3.05, 3.63) is 22.7 Å². The van der Waals surface area contributed by atoms with Crippen molar-refractivity contribution in [3.8, 4) is 6.01 Å². The number of carbonyl (C=O) groups excluding carboxylic acids is 1. The number of rotatable bonds is 4. The molecular weight excluding hydrogens is 581 g/mol. The van der Waals surface area contributed by atoms with Crippen LogP contribution in [0, 0.1) is 5.82 Å². The van der Waals surface area contributed by atoms with Gasteiger partial charge < -0.3 is 14.4 Å². The van der Waals surface area contributed by atoms with Crippen LogP contribution in [0.2, 0.25) is 0 Å². The number of amides is 1. The van der Waals surface area contributed by atoms with Crippen molar-refractivity contribution in [2.45, 2.75) is 82.5 Å². The van der Waals surface area contributed by atoms with E-state index in [2.05, 4.69) is 35.8 Å². The summed E-state index contributed by atoms with van der Waals surface area (Å²) < 4.78 is 29.6. The highest BCUT2D eigenvalue weighted by molar-refractivity contribution is 9.10. The van der Waals surface area contributed by atoms with Gasteiger partial charge in [0, 0.05) is 13.1 Å². The maximum absolute atomic E-state index is 15.8. The van der Waals surface area contributed by atoms with Gasteiger partial charge in [-0.3, -0.25) is 9.80 Å². The molecule has 3 aromatic heterocycles. The highest BCUT2D eigenvalue weighted by Crippen LogP contribution is 2.41. The molecule has 0 N–H and O–H groups in total. The van der Waals surface area contributed by atoms with Gasteiger partial charge in [0.05, 0.1) is 34.7 Å². The largest absolute Gasteiger partial charge is 0.461 e. The molecule has 10 nitrogen and oxygen atoms in total. The summed E-state index contributed by atoms with van der Waals surface area (Å²) in [4.78, 5) is 29.2. The smallest absolute Gasteiger partial charge is 0.410 e. The molecule has 0 aliphatic carbocycles. The number of ether oxygens (including phenoxy) is 2. The fraction of sp³-hybridized carbons (Fsp3) is 0.643. The summed E-state index contributed by atoms with van der Waals surface area (Å²) in [6, 6.07) is 1.99. The quantitative estimate of drug-likeness (QED) is 0.388. The lowest BCUT2D eigenvalue weighted by molar-refractivity contribution is 0.0122. The number of nitrogens with zero attached hydrogens (tertiary/aromatic N) is 7. The molecule has 1 amide bonds. The third-order valence-corrected chi connectivity index (χ3v) is 9.69. The normalized spacial score (nSPS) is 24.3. The Morgan fingerprint density at radius 3 is 2.52 bits per heavy atom. The number of pyridine rings is 1. The topological polar surface area (TPSA) is 88.3 Å². The fourth-order valence-electron chi connectivity index (χ4n) is 7.31. The molecule has 4 aliphatic rings. The maximum atomic E-state index is 15.8. The van der Waals surface area contributed by atoms with Gasteiger partial charge in [-0.05, 0) is 94.4 Å². The van der Waals surface area contributed by atoms with Crippen molar-refractivity contribution < 1.29 is 18.7 Å². The third kappa shape index (κ3) is 4.20. The van der Waals surface area contributed by atoms with Crippen LogP contribution in [0.4, 0.5) is 15.0 Å². The van der Waals surface area contributed by atoms with Crippen molar-refractivity contribution in [1.82, 2.24) is 29.4 Å². The van der Waals surface area contributed by atoms with Crippen LogP contribution in [-0.4, -0.2) is 91.5 Å². The molecule has 2 bridgehead atoms. The molecule has 0 aromatic carbocycles. The lowest BCUT2D eigenvalue weighted by Gasteiger charge is -2.42. The third-order valence-electron chi connectivity index (χ3n) is 9.01. The minimum atomic E-state index is -0.561. The Morgan fingerprint density at radius 1 is 1.15 bits per heavy atom. The molecule has 2 unspecified atom stereocenters. The number of halogens is 2. The van der Waals surface area contributed by atoms with Crippen LogP contribution < -0.4 is 9.64 Å². The zero-order valence-electron chi connectivity index (χ0n) is 23.2. The maximum Gasteiger partial charge on any atom is 0.410 e. The molecule has 4 aliphatic heterocycles. The minimum Gasteiger partial charge on any atom is -0.461 e. The van der Waals surface area contributed by atoms with E-state index in [-0.39, 0.29) is 39.8 Å². The molecule has 0 radical (unpaired) electrons. The molecule has 40 heavy (non-hydrogen) atoms. The molecule has 2 atom stereocenters. The van der Waals surface area contributed by atoms with E-state index in [1.54, 1.807) is 6.20 Å². The standard InChI is InChI=1S/C28H35BrFN7O3/c1-27(2,3)40-26(38)36-17-6-7-18(36)15-34(14-17)24-20-19-8-11-31-37(19)23(29)21(30)22(20)32-25(33-24)39-16-28-9-4-12-35(28)13-5-10-28/h8,11,17-18H,4-7,9-10,12-16H2,1-3H3. The molecular formula is C28H35BrFN7O3. The second kappa shape index (κ2) is 9.40. The van der Waals surface area contributed by atoms with E-state index in [1.807, 2.05) is 31.7 Å². The van der Waals surface area contributed by atoms with Crippen molar-refractivity contribution in [1.29, 1.82) is 0 Å². The first-order valence-electron chi connectivity index (χ1n) is 14.3. The number of hydrogen-bond acceptors (Lipinski definition) is 8. The van der Waals surface area contributed by atoms with Crippen LogP contribution in [0.1, 0.15) is 59.3 Å². The summed E-state index contributed by atoms with van der Waals surface area (Å²) in [5.41, 5.74) is 0.372. The lowest BCUT2D eigenvalue weighted by atomic mass is 9.95. The summed E-state index contributed by atoms with van der Waals surface area (Å²) in [5.74, 6) is 0.112. The van der Waals surface area contributed by atoms with Gasteiger partial charge in [0.25, 0.3) is 0 Å². The summed E-state index contributed by atoms with van der Waals surface area (Å²) in [6.45, 7) is 9.48. The Hall–Kier alpha value is -2.73. The number of fused-ring (bicyclic) bond motifs is 6. The lowest BCUT2D eigenvalue weighted by Crippen LogP contribution is -2.57. The van der Waals surface area contributed by atoms with E-state index >= 15 is 4.39 Å². The second-order valence-electron chi connectivity index (χ2n) is 12.7. The van der Waals surface area contributed by atoms with Crippen LogP contribution in [0.25, 0.3) is 16.4 Å². The predicted octanol–water partition coefficient (Wildman–Crippen LogP) is 4.77. The van der Waals surface area contributed by atoms with Crippen LogP contribution >= 0.6 is 15.9 Å². The number of piperazine rings is 1. The molecule has 4 saturated heterocycles. The van der Waals surface area contributed by atoms with Gasteiger partial charge in [0.2, 0.25) is 0 Å². The zero-order chi connectivity index (χ0) is 27.8. The van der Waals surface area contributed by atoms with E-state index in [1.165, 1.54) is 17.4 Å². The second-order valence-corrected chi connectivity index (χ2v) is 13.4. The number of carbonyl (C=O) groups is 1. The SMILES string of the molecule is CC(C)(C)OC(=O)N1C2CCC1CN(c1nc(OCC34CCCN3CCC4)nc3c(F)c(Br)n4nccc4c13)C2. The number of hydrogen-bond donors (Lipinski definition) is 0. The molecule has 7 rings (SSSR count). The molecule has 0 saturated carbocycles. The zero-order valence-corrected chi connectivity index (χ0v) is 24.8. The first-order chi connectivity index (χ1) is 19.1. The van der Waals surface area contributed by atoms with Crippen LogP contribution in [-0.2, 0) is 4.74 Å². The Labute approximate surface area is 240 Å². The van der Waals surface area contributed by atoms with Crippen LogP contribution in [0.15, 0.2) is 16.9 Å². The molecule has 0 spiro atoms. The van der Waals surface area contributed by atoms with Gasteiger partial charge in [0.15, 0.2) is 5.82 Å². The van der Waals surface area contributed by atoms with E-state index in [0.717, 1.165) is 38.8 Å². The Balaban J connectivity index is 1.27. The molecule has 214 valence electrons. The Bertz CT molecular complexity index is 1470. The summed E-state index contributed by atoms with van der Waals surface area (Å²) >= 11 is 3.38. The van der Waals surface area contributed by atoms with E-state index in [9.17, 15) is 4.79 Å². The van der Waals surface area contributed by atoms with Gasteiger partial charge >= 0.3 is 12.1 Å². The monoisotopic (exact) mass is 615 g/mol. The van der Waals surface area contributed by atoms with Crippen molar-refractivity contribution in [2.24, 2.45) is 0 Å². The minimum absolute atomic E-state index is 0.0190. The summed E-state index contributed by atoms with van der Waals surface area (Å²) in [5, 5.41) is 4.92. The highest BCUT2D eigenvalue weighted by Gasteiger charge is 2.46. The van der Waals surface area contributed by atoms with Gasteiger partial charge in [0.1, 0.15) is 28.1 Å². The van der Waals surface area contributed by atoms with Gasteiger partial charge in [-0.1, -0.05) is 0 Å². The van der Waals surface area contributed by atoms with Crippen LogP contribution in [0.5, 0.6) is 6.01 Å². The molecule has 7 heterocycles. The van der Waals surface area contributed by atoms with Gasteiger partial charge in [-0.25, -0.2) is 13.7 Å². The van der Waals surface area contributed by atoms with E-state index < -0.39 is 11.4 Å². The fourth-order valence-corrected chi connectivity index (χ4v) is 7.78. The van der Waals surface area contributed by atoms with E-state index in [0.29, 0.717) is 36.4 Å². The van der Waals surface area contributed by atoms with Gasteiger partial charge in [-0.15, -0.1) is 0 Å².